The first-order chi connectivity index (χ1) is 15.6. The molecule has 0 bridgehead atoms. The maximum Gasteiger partial charge on any atom is 0.173 e. The van der Waals surface area contributed by atoms with Gasteiger partial charge in [-0.25, -0.2) is 0 Å². The van der Waals surface area contributed by atoms with Crippen LogP contribution in [0.15, 0.2) is 76.6 Å². The number of benzene rings is 2. The van der Waals surface area contributed by atoms with Crippen LogP contribution in [-0.4, -0.2) is 11.5 Å². The van der Waals surface area contributed by atoms with E-state index in [4.69, 9.17) is 5.73 Å². The van der Waals surface area contributed by atoms with E-state index in [0.29, 0.717) is 27.6 Å². The molecule has 0 radical (unpaired) electrons. The minimum absolute atomic E-state index is 0.0208. The van der Waals surface area contributed by atoms with Crippen molar-refractivity contribution in [3.05, 3.63) is 82.2 Å². The number of ketones is 1. The molecule has 0 saturated heterocycles. The molecule has 2 aromatic rings. The van der Waals surface area contributed by atoms with Crippen molar-refractivity contribution in [2.75, 3.05) is 5.75 Å². The Kier molecular flexibility index (Phi) is 6.35. The number of thioether (sulfide) groups is 1. The zero-order valence-electron chi connectivity index (χ0n) is 17.7. The van der Waals surface area contributed by atoms with Gasteiger partial charge in [-0.15, -0.1) is 0 Å². The van der Waals surface area contributed by atoms with E-state index in [1.165, 1.54) is 11.8 Å². The Morgan fingerprint density at radius 2 is 1.56 bits per heavy atom. The van der Waals surface area contributed by atoms with E-state index in [0.717, 1.165) is 43.2 Å². The molecule has 32 heavy (non-hydrogen) atoms. The molecule has 0 atom stereocenters. The number of carbonyl (C=O) groups excluding carboxylic acids is 1. The van der Waals surface area contributed by atoms with Crippen molar-refractivity contribution >= 4 is 17.5 Å². The highest BCUT2D eigenvalue weighted by Gasteiger charge is 2.45. The van der Waals surface area contributed by atoms with Gasteiger partial charge in [0.25, 0.3) is 0 Å². The first-order valence-corrected chi connectivity index (χ1v) is 11.7. The molecule has 4 rings (SSSR count). The van der Waals surface area contributed by atoms with E-state index in [1.54, 1.807) is 0 Å². The van der Waals surface area contributed by atoms with Gasteiger partial charge in [0, 0.05) is 11.0 Å². The van der Waals surface area contributed by atoms with Gasteiger partial charge in [-0.1, -0.05) is 85.6 Å². The highest BCUT2D eigenvalue weighted by Crippen LogP contribution is 2.51. The first-order valence-electron chi connectivity index (χ1n) is 10.7. The molecule has 0 unspecified atom stereocenters. The van der Waals surface area contributed by atoms with Gasteiger partial charge >= 0.3 is 0 Å². The van der Waals surface area contributed by atoms with Gasteiger partial charge in [-0.2, -0.15) is 10.5 Å². The van der Waals surface area contributed by atoms with Crippen LogP contribution in [-0.2, 0) is 0 Å². The lowest BCUT2D eigenvalue weighted by atomic mass is 9.64. The molecule has 0 amide bonds. The molecule has 1 saturated carbocycles. The van der Waals surface area contributed by atoms with Crippen molar-refractivity contribution in [1.82, 2.24) is 5.32 Å². The quantitative estimate of drug-likeness (QED) is 0.616. The Morgan fingerprint density at radius 1 is 0.938 bits per heavy atom. The van der Waals surface area contributed by atoms with Gasteiger partial charge in [0.1, 0.15) is 5.82 Å². The van der Waals surface area contributed by atoms with Crippen LogP contribution in [0.4, 0.5) is 0 Å². The standard InChI is InChI=1S/C26H24N4OS/c27-15-21-24(29)30-25(22(16-28)26(21)13-5-2-6-14-26)32-17-23(31)20-11-9-19(10-12-20)18-7-3-1-4-8-18/h1,3-4,7-12,30H,2,5-6,13-14,17,29H2. The number of hydrogen-bond donors (Lipinski definition) is 2. The molecular formula is C26H24N4OS. The zero-order chi connectivity index (χ0) is 22.6. The third-order valence-electron chi connectivity index (χ3n) is 6.29. The summed E-state index contributed by atoms with van der Waals surface area (Å²) < 4.78 is 0. The number of nitrogens with one attached hydrogen (secondary N) is 1. The maximum absolute atomic E-state index is 12.9. The highest BCUT2D eigenvalue weighted by atomic mass is 32.2. The van der Waals surface area contributed by atoms with Crippen LogP contribution < -0.4 is 11.1 Å². The predicted octanol–water partition coefficient (Wildman–Crippen LogP) is 5.25. The van der Waals surface area contributed by atoms with Gasteiger partial charge in [-0.05, 0) is 24.0 Å². The summed E-state index contributed by atoms with van der Waals surface area (Å²) in [4.78, 5) is 12.9. The average molecular weight is 441 g/mol. The normalized spacial score (nSPS) is 17.4. The molecule has 2 aromatic carbocycles. The molecular weight excluding hydrogens is 416 g/mol. The Balaban J connectivity index is 1.53. The number of hydrogen-bond acceptors (Lipinski definition) is 6. The fourth-order valence-corrected chi connectivity index (χ4v) is 5.65. The Hall–Kier alpha value is -3.48. The lowest BCUT2D eigenvalue weighted by Gasteiger charge is -2.40. The number of dihydropyridines is 1. The number of nitrogens with zero attached hydrogens (tertiary/aromatic N) is 2. The number of Topliss-reactive ketones (excluding diaryl/α,β-unsaturated/α-hetero) is 1. The Bertz CT molecular complexity index is 1160. The molecule has 5 nitrogen and oxygen atoms in total. The number of allylic oxidation sites excluding steroid dienone is 2. The van der Waals surface area contributed by atoms with E-state index >= 15 is 0 Å². The number of carbonyl (C=O) groups is 1. The van der Waals surface area contributed by atoms with Crippen molar-refractivity contribution in [3.8, 4) is 23.3 Å². The van der Waals surface area contributed by atoms with Gasteiger partial charge < -0.3 is 11.1 Å². The lowest BCUT2D eigenvalue weighted by Crippen LogP contribution is -2.39. The summed E-state index contributed by atoms with van der Waals surface area (Å²) >= 11 is 1.29. The van der Waals surface area contributed by atoms with Crippen LogP contribution in [0.2, 0.25) is 0 Å². The van der Waals surface area contributed by atoms with E-state index in [1.807, 2.05) is 54.6 Å². The first kappa shape index (κ1) is 21.7. The molecule has 1 aliphatic carbocycles. The zero-order valence-corrected chi connectivity index (χ0v) is 18.5. The second kappa shape index (κ2) is 9.34. The van der Waals surface area contributed by atoms with Crippen LogP contribution in [0.1, 0.15) is 42.5 Å². The van der Waals surface area contributed by atoms with Gasteiger partial charge in [0.2, 0.25) is 0 Å². The van der Waals surface area contributed by atoms with Crippen molar-refractivity contribution in [2.45, 2.75) is 32.1 Å². The predicted molar refractivity (Wildman–Crippen MR) is 127 cm³/mol. The SMILES string of the molecule is N#CC1=C(N)NC(SCC(=O)c2ccc(-c3ccccc3)cc2)=C(C#N)C12CCCCC2. The fraction of sp³-hybridized carbons (Fsp3) is 0.269. The molecule has 1 fully saturated rings. The summed E-state index contributed by atoms with van der Waals surface area (Å²) in [5.74, 6) is 0.465. The minimum atomic E-state index is -0.625. The molecule has 160 valence electrons. The monoisotopic (exact) mass is 440 g/mol. The molecule has 1 spiro atoms. The minimum Gasteiger partial charge on any atom is -0.384 e. The lowest BCUT2D eigenvalue weighted by molar-refractivity contribution is 0.102. The van der Waals surface area contributed by atoms with Crippen molar-refractivity contribution in [2.24, 2.45) is 11.1 Å². The smallest absolute Gasteiger partial charge is 0.173 e. The number of nitriles is 2. The Morgan fingerprint density at radius 3 is 2.19 bits per heavy atom. The Labute approximate surface area is 192 Å². The van der Waals surface area contributed by atoms with Crippen LogP contribution in [0, 0.1) is 28.1 Å². The second-order valence-corrected chi connectivity index (χ2v) is 9.12. The summed E-state index contributed by atoms with van der Waals surface area (Å²) in [7, 11) is 0. The topological polar surface area (TPSA) is 103 Å². The van der Waals surface area contributed by atoms with Crippen LogP contribution >= 0.6 is 11.8 Å². The fourth-order valence-electron chi connectivity index (χ4n) is 4.64. The van der Waals surface area contributed by atoms with Crippen LogP contribution in [0.25, 0.3) is 11.1 Å². The molecule has 0 aromatic heterocycles. The summed E-state index contributed by atoms with van der Waals surface area (Å²) in [5.41, 5.74) is 9.35. The molecule has 2 aliphatic rings. The van der Waals surface area contributed by atoms with E-state index in [-0.39, 0.29) is 11.5 Å². The largest absolute Gasteiger partial charge is 0.384 e. The van der Waals surface area contributed by atoms with Crippen LogP contribution in [0.3, 0.4) is 0 Å². The summed E-state index contributed by atoms with van der Waals surface area (Å²) in [6.07, 6.45) is 4.47. The summed E-state index contributed by atoms with van der Waals surface area (Å²) in [6.45, 7) is 0. The van der Waals surface area contributed by atoms with E-state index in [9.17, 15) is 15.3 Å². The maximum atomic E-state index is 12.9. The van der Waals surface area contributed by atoms with Gasteiger partial charge in [0.05, 0.1) is 34.1 Å². The second-order valence-electron chi connectivity index (χ2n) is 8.14. The molecule has 3 N–H and O–H groups in total. The van der Waals surface area contributed by atoms with Crippen LogP contribution in [0.5, 0.6) is 0 Å². The van der Waals surface area contributed by atoms with Crippen molar-refractivity contribution in [3.63, 3.8) is 0 Å². The number of rotatable bonds is 5. The summed E-state index contributed by atoms with van der Waals surface area (Å²) in [5, 5.41) is 23.3. The summed E-state index contributed by atoms with van der Waals surface area (Å²) in [6, 6.07) is 22.2. The molecule has 6 heteroatoms. The highest BCUT2D eigenvalue weighted by molar-refractivity contribution is 8.03. The molecule has 1 aliphatic heterocycles. The van der Waals surface area contributed by atoms with Gasteiger partial charge in [0.15, 0.2) is 5.78 Å². The number of nitrogens with two attached hydrogens (primary N) is 1. The third-order valence-corrected chi connectivity index (χ3v) is 7.30. The molecule has 1 heterocycles. The average Bonchev–Trinajstić information content (AvgIpc) is 2.84. The van der Waals surface area contributed by atoms with Gasteiger partial charge in [-0.3, -0.25) is 4.79 Å². The van der Waals surface area contributed by atoms with E-state index < -0.39 is 5.41 Å². The van der Waals surface area contributed by atoms with E-state index in [2.05, 4.69) is 17.5 Å². The third kappa shape index (κ3) is 4.02. The van der Waals surface area contributed by atoms with Crippen molar-refractivity contribution in [1.29, 1.82) is 10.5 Å². The van der Waals surface area contributed by atoms with Crippen molar-refractivity contribution < 1.29 is 4.79 Å².